The topological polar surface area (TPSA) is 38.3 Å². The third kappa shape index (κ3) is 6.63. The molecule has 0 spiro atoms. The molecule has 0 saturated heterocycles. The van der Waals surface area contributed by atoms with Gasteiger partial charge in [-0.2, -0.15) is 11.8 Å². The Morgan fingerprint density at radius 1 is 1.24 bits per heavy atom. The number of hydrogen-bond donors (Lipinski definition) is 1. The van der Waals surface area contributed by atoms with Crippen molar-refractivity contribution in [1.29, 1.82) is 0 Å². The zero-order valence-electron chi connectivity index (χ0n) is 14.6. The molecule has 0 unspecified atom stereocenters. The SMILES string of the molecule is CC[C@H](Oc1ccccc1Cl)C(=O)NCCSCc1cccc(C)c1. The van der Waals surface area contributed by atoms with Crippen LogP contribution in [0.2, 0.25) is 5.02 Å². The number of aryl methyl sites for hydroxylation is 1. The predicted octanol–water partition coefficient (Wildman–Crippen LogP) is 4.86. The molecule has 0 aliphatic rings. The van der Waals surface area contributed by atoms with E-state index in [1.807, 2.05) is 19.1 Å². The van der Waals surface area contributed by atoms with Crippen LogP contribution < -0.4 is 10.1 Å². The number of nitrogens with one attached hydrogen (secondary N) is 1. The summed E-state index contributed by atoms with van der Waals surface area (Å²) in [5, 5.41) is 3.46. The fourth-order valence-electron chi connectivity index (χ4n) is 2.37. The van der Waals surface area contributed by atoms with Crippen LogP contribution in [0.3, 0.4) is 0 Å². The van der Waals surface area contributed by atoms with Gasteiger partial charge in [-0.15, -0.1) is 0 Å². The zero-order chi connectivity index (χ0) is 18.1. The molecule has 0 heterocycles. The molecule has 0 bridgehead atoms. The lowest BCUT2D eigenvalue weighted by molar-refractivity contribution is -0.127. The summed E-state index contributed by atoms with van der Waals surface area (Å²) in [6.45, 7) is 4.64. The lowest BCUT2D eigenvalue weighted by atomic mass is 10.2. The summed E-state index contributed by atoms with van der Waals surface area (Å²) in [5.41, 5.74) is 2.58. The van der Waals surface area contributed by atoms with Gasteiger partial charge in [0.1, 0.15) is 5.75 Å². The summed E-state index contributed by atoms with van der Waals surface area (Å²) in [5.74, 6) is 2.26. The first-order valence-electron chi connectivity index (χ1n) is 8.42. The first-order valence-corrected chi connectivity index (χ1v) is 9.95. The summed E-state index contributed by atoms with van der Waals surface area (Å²) in [6.07, 6.45) is 0.0645. The van der Waals surface area contributed by atoms with E-state index >= 15 is 0 Å². The van der Waals surface area contributed by atoms with Crippen LogP contribution in [0.4, 0.5) is 0 Å². The number of carbonyl (C=O) groups excluding carboxylic acids is 1. The molecule has 2 aromatic carbocycles. The van der Waals surface area contributed by atoms with Gasteiger partial charge in [-0.25, -0.2) is 0 Å². The molecule has 2 rings (SSSR count). The van der Waals surface area contributed by atoms with E-state index in [4.69, 9.17) is 16.3 Å². The molecule has 1 N–H and O–H groups in total. The maximum absolute atomic E-state index is 12.3. The molecule has 0 saturated carbocycles. The van der Waals surface area contributed by atoms with E-state index in [0.717, 1.165) is 11.5 Å². The first-order chi connectivity index (χ1) is 12.1. The number of halogens is 1. The Kier molecular flexibility index (Phi) is 8.16. The van der Waals surface area contributed by atoms with E-state index in [1.165, 1.54) is 11.1 Å². The standard InChI is InChI=1S/C20H24ClNO2S/c1-3-18(24-19-10-5-4-9-17(19)21)20(23)22-11-12-25-14-16-8-6-7-15(2)13-16/h4-10,13,18H,3,11-12,14H2,1-2H3,(H,22,23)/t18-/m0/s1. The number of hydrogen-bond acceptors (Lipinski definition) is 3. The predicted molar refractivity (Wildman–Crippen MR) is 107 cm³/mol. The van der Waals surface area contributed by atoms with Gasteiger partial charge in [0.2, 0.25) is 0 Å². The summed E-state index contributed by atoms with van der Waals surface area (Å²) < 4.78 is 5.74. The van der Waals surface area contributed by atoms with Gasteiger partial charge in [-0.1, -0.05) is 60.5 Å². The monoisotopic (exact) mass is 377 g/mol. The first kappa shape index (κ1) is 19.7. The number of amides is 1. The van der Waals surface area contributed by atoms with Crippen molar-refractivity contribution in [2.45, 2.75) is 32.1 Å². The third-order valence-corrected chi connectivity index (χ3v) is 5.01. The number of carbonyl (C=O) groups is 1. The molecule has 1 atom stereocenters. The van der Waals surface area contributed by atoms with E-state index in [1.54, 1.807) is 23.9 Å². The van der Waals surface area contributed by atoms with E-state index in [0.29, 0.717) is 23.7 Å². The molecule has 0 radical (unpaired) electrons. The molecule has 3 nitrogen and oxygen atoms in total. The van der Waals surface area contributed by atoms with Gasteiger partial charge in [-0.05, 0) is 31.0 Å². The van der Waals surface area contributed by atoms with Gasteiger partial charge in [-0.3, -0.25) is 4.79 Å². The molecule has 0 fully saturated rings. The summed E-state index contributed by atoms with van der Waals surface area (Å²) >= 11 is 7.89. The Morgan fingerprint density at radius 2 is 2.04 bits per heavy atom. The van der Waals surface area contributed by atoms with Crippen LogP contribution in [0.15, 0.2) is 48.5 Å². The fourth-order valence-corrected chi connectivity index (χ4v) is 3.35. The molecular weight excluding hydrogens is 354 g/mol. The van der Waals surface area contributed by atoms with Gasteiger partial charge in [0.15, 0.2) is 6.10 Å². The quantitative estimate of drug-likeness (QED) is 0.634. The van der Waals surface area contributed by atoms with Crippen LogP contribution in [0, 0.1) is 6.92 Å². The average Bonchev–Trinajstić information content (AvgIpc) is 2.60. The molecular formula is C20H24ClNO2S. The van der Waals surface area contributed by atoms with E-state index in [-0.39, 0.29) is 5.91 Å². The van der Waals surface area contributed by atoms with Crippen molar-refractivity contribution in [3.63, 3.8) is 0 Å². The largest absolute Gasteiger partial charge is 0.479 e. The van der Waals surface area contributed by atoms with Crippen LogP contribution in [0.25, 0.3) is 0 Å². The summed E-state index contributed by atoms with van der Waals surface area (Å²) in [4.78, 5) is 12.3. The van der Waals surface area contributed by atoms with Crippen molar-refractivity contribution in [2.24, 2.45) is 0 Å². The Balaban J connectivity index is 1.72. The van der Waals surface area contributed by atoms with E-state index < -0.39 is 6.10 Å². The fraction of sp³-hybridized carbons (Fsp3) is 0.350. The smallest absolute Gasteiger partial charge is 0.261 e. The van der Waals surface area contributed by atoms with Gasteiger partial charge in [0, 0.05) is 18.1 Å². The summed E-state index contributed by atoms with van der Waals surface area (Å²) in [6, 6.07) is 15.7. The Morgan fingerprint density at radius 3 is 2.76 bits per heavy atom. The number of rotatable bonds is 9. The van der Waals surface area contributed by atoms with Crippen molar-refractivity contribution in [1.82, 2.24) is 5.32 Å². The van der Waals surface area contributed by atoms with E-state index in [9.17, 15) is 4.79 Å². The molecule has 2 aromatic rings. The maximum atomic E-state index is 12.3. The molecule has 1 amide bonds. The van der Waals surface area contributed by atoms with Crippen LogP contribution in [-0.4, -0.2) is 24.3 Å². The summed E-state index contributed by atoms with van der Waals surface area (Å²) in [7, 11) is 0. The molecule has 0 aliphatic heterocycles. The van der Waals surface area contributed by atoms with Gasteiger partial charge >= 0.3 is 0 Å². The second-order valence-corrected chi connectivity index (χ2v) is 7.29. The normalized spacial score (nSPS) is 11.8. The number of benzene rings is 2. The van der Waals surface area contributed by atoms with Crippen molar-refractivity contribution >= 4 is 29.3 Å². The van der Waals surface area contributed by atoms with Crippen LogP contribution >= 0.6 is 23.4 Å². The highest BCUT2D eigenvalue weighted by Crippen LogP contribution is 2.24. The molecule has 0 aromatic heterocycles. The lowest BCUT2D eigenvalue weighted by Crippen LogP contribution is -2.39. The van der Waals surface area contributed by atoms with Crippen LogP contribution in [-0.2, 0) is 10.5 Å². The highest BCUT2D eigenvalue weighted by molar-refractivity contribution is 7.98. The third-order valence-electron chi connectivity index (χ3n) is 3.67. The van der Waals surface area contributed by atoms with Gasteiger partial charge < -0.3 is 10.1 Å². The van der Waals surface area contributed by atoms with Crippen molar-refractivity contribution < 1.29 is 9.53 Å². The van der Waals surface area contributed by atoms with Crippen molar-refractivity contribution in [2.75, 3.05) is 12.3 Å². The van der Waals surface area contributed by atoms with Gasteiger partial charge in [0.05, 0.1) is 5.02 Å². The lowest BCUT2D eigenvalue weighted by Gasteiger charge is -2.18. The molecule has 0 aliphatic carbocycles. The van der Waals surface area contributed by atoms with Crippen molar-refractivity contribution in [3.8, 4) is 5.75 Å². The Bertz CT molecular complexity index is 693. The number of ether oxygens (including phenoxy) is 1. The number of para-hydroxylation sites is 1. The minimum atomic E-state index is -0.526. The average molecular weight is 378 g/mol. The second kappa shape index (κ2) is 10.4. The maximum Gasteiger partial charge on any atom is 0.261 e. The minimum absolute atomic E-state index is 0.0985. The second-order valence-electron chi connectivity index (χ2n) is 5.78. The van der Waals surface area contributed by atoms with Gasteiger partial charge in [0.25, 0.3) is 5.91 Å². The number of thioether (sulfide) groups is 1. The highest BCUT2D eigenvalue weighted by atomic mass is 35.5. The van der Waals surface area contributed by atoms with Crippen LogP contribution in [0.5, 0.6) is 5.75 Å². The Labute approximate surface area is 159 Å². The minimum Gasteiger partial charge on any atom is -0.479 e. The molecule has 25 heavy (non-hydrogen) atoms. The zero-order valence-corrected chi connectivity index (χ0v) is 16.2. The van der Waals surface area contributed by atoms with Crippen molar-refractivity contribution in [3.05, 3.63) is 64.7 Å². The Hall–Kier alpha value is -1.65. The van der Waals surface area contributed by atoms with E-state index in [2.05, 4.69) is 36.5 Å². The van der Waals surface area contributed by atoms with Crippen LogP contribution in [0.1, 0.15) is 24.5 Å². The molecule has 134 valence electrons. The molecule has 5 heteroatoms. The highest BCUT2D eigenvalue weighted by Gasteiger charge is 2.18.